The molecule has 2 aromatic rings. The van der Waals surface area contributed by atoms with Gasteiger partial charge in [0.05, 0.1) is 18.7 Å². The molecular formula is C22H26N4O3. The molecular weight excluding hydrogens is 368 g/mol. The van der Waals surface area contributed by atoms with E-state index in [0.29, 0.717) is 18.8 Å². The normalized spacial score (nSPS) is 22.2. The summed E-state index contributed by atoms with van der Waals surface area (Å²) in [5.41, 5.74) is 2.55. The zero-order chi connectivity index (χ0) is 20.4. The molecule has 3 N–H and O–H groups in total. The van der Waals surface area contributed by atoms with Crippen molar-refractivity contribution in [1.29, 1.82) is 0 Å². The van der Waals surface area contributed by atoms with E-state index in [9.17, 15) is 14.7 Å². The quantitative estimate of drug-likeness (QED) is 0.745. The van der Waals surface area contributed by atoms with Crippen molar-refractivity contribution < 1.29 is 14.7 Å². The number of amides is 4. The predicted molar refractivity (Wildman–Crippen MR) is 112 cm³/mol. The van der Waals surface area contributed by atoms with Crippen LogP contribution in [0.5, 0.6) is 0 Å². The van der Waals surface area contributed by atoms with Crippen molar-refractivity contribution in [1.82, 2.24) is 10.2 Å². The van der Waals surface area contributed by atoms with Gasteiger partial charge in [-0.1, -0.05) is 43.3 Å². The van der Waals surface area contributed by atoms with Crippen LogP contribution in [0.25, 0.3) is 0 Å². The summed E-state index contributed by atoms with van der Waals surface area (Å²) in [6, 6.07) is 16.1. The molecule has 3 atom stereocenters. The van der Waals surface area contributed by atoms with E-state index in [0.717, 1.165) is 17.7 Å². The van der Waals surface area contributed by atoms with Crippen LogP contribution in [0, 0.1) is 0 Å². The molecule has 152 valence electrons. The highest BCUT2D eigenvalue weighted by Crippen LogP contribution is 2.48. The second-order valence-electron chi connectivity index (χ2n) is 7.45. The van der Waals surface area contributed by atoms with Crippen LogP contribution in [0.1, 0.15) is 24.8 Å². The number of hydrogen-bond donors (Lipinski definition) is 3. The maximum absolute atomic E-state index is 13.0. The van der Waals surface area contributed by atoms with E-state index >= 15 is 0 Å². The number of carbonyl (C=O) groups is 2. The maximum Gasteiger partial charge on any atom is 0.322 e. The average molecular weight is 394 g/mol. The molecule has 0 radical (unpaired) electrons. The molecule has 2 aliphatic heterocycles. The van der Waals surface area contributed by atoms with Crippen LogP contribution in [0.3, 0.4) is 0 Å². The largest absolute Gasteiger partial charge is 0.394 e. The summed E-state index contributed by atoms with van der Waals surface area (Å²) >= 11 is 0. The van der Waals surface area contributed by atoms with E-state index in [1.54, 1.807) is 9.80 Å². The third-order valence-corrected chi connectivity index (χ3v) is 5.72. The minimum atomic E-state index is -0.314. The first-order valence-electron chi connectivity index (χ1n) is 10.0. The van der Waals surface area contributed by atoms with Crippen molar-refractivity contribution in [2.24, 2.45) is 0 Å². The lowest BCUT2D eigenvalue weighted by Crippen LogP contribution is -2.71. The molecule has 0 unspecified atom stereocenters. The third-order valence-electron chi connectivity index (χ3n) is 5.72. The molecule has 0 aromatic heterocycles. The lowest BCUT2D eigenvalue weighted by atomic mass is 9.72. The molecule has 4 rings (SSSR count). The van der Waals surface area contributed by atoms with E-state index in [-0.39, 0.29) is 36.7 Å². The molecule has 0 spiro atoms. The lowest BCUT2D eigenvalue weighted by molar-refractivity contribution is -0.00195. The van der Waals surface area contributed by atoms with Gasteiger partial charge in [-0.05, 0) is 30.2 Å². The SMILES string of the molecule is CCCNC(=O)N1C[C@H]2[C@@H](c3ccccc31)[C@H](CO)N2C(=O)Nc1ccccc1. The zero-order valence-electron chi connectivity index (χ0n) is 16.4. The van der Waals surface area contributed by atoms with E-state index < -0.39 is 0 Å². The van der Waals surface area contributed by atoms with Crippen LogP contribution in [-0.2, 0) is 0 Å². The van der Waals surface area contributed by atoms with Crippen molar-refractivity contribution in [3.63, 3.8) is 0 Å². The Kier molecular flexibility index (Phi) is 5.40. The fourth-order valence-corrected chi connectivity index (χ4v) is 4.40. The number of aliphatic hydroxyl groups is 1. The molecule has 7 heteroatoms. The fraction of sp³-hybridized carbons (Fsp3) is 0.364. The van der Waals surface area contributed by atoms with Gasteiger partial charge in [0.25, 0.3) is 0 Å². The Morgan fingerprint density at radius 2 is 1.79 bits per heavy atom. The highest BCUT2D eigenvalue weighted by atomic mass is 16.3. The first-order valence-corrected chi connectivity index (χ1v) is 10.0. The van der Waals surface area contributed by atoms with E-state index in [4.69, 9.17) is 0 Å². The molecule has 7 nitrogen and oxygen atoms in total. The smallest absolute Gasteiger partial charge is 0.322 e. The number of nitrogens with zero attached hydrogens (tertiary/aromatic N) is 2. The van der Waals surface area contributed by atoms with Crippen molar-refractivity contribution in [2.45, 2.75) is 31.3 Å². The number of hydrogen-bond acceptors (Lipinski definition) is 3. The number of anilines is 2. The molecule has 1 saturated heterocycles. The number of nitrogens with one attached hydrogen (secondary N) is 2. The third kappa shape index (κ3) is 3.42. The van der Waals surface area contributed by atoms with Crippen molar-refractivity contribution >= 4 is 23.4 Å². The van der Waals surface area contributed by atoms with Gasteiger partial charge in [-0.15, -0.1) is 0 Å². The van der Waals surface area contributed by atoms with Gasteiger partial charge >= 0.3 is 12.1 Å². The summed E-state index contributed by atoms with van der Waals surface area (Å²) in [5, 5.41) is 15.8. The molecule has 0 saturated carbocycles. The number of aliphatic hydroxyl groups excluding tert-OH is 1. The second-order valence-corrected chi connectivity index (χ2v) is 7.45. The minimum absolute atomic E-state index is 0.00736. The van der Waals surface area contributed by atoms with E-state index in [2.05, 4.69) is 10.6 Å². The van der Waals surface area contributed by atoms with E-state index in [1.165, 1.54) is 0 Å². The van der Waals surface area contributed by atoms with Gasteiger partial charge in [-0.25, -0.2) is 9.59 Å². The van der Waals surface area contributed by atoms with Crippen molar-refractivity contribution in [2.75, 3.05) is 29.9 Å². The van der Waals surface area contributed by atoms with Crippen LogP contribution < -0.4 is 15.5 Å². The number of carbonyl (C=O) groups excluding carboxylic acids is 2. The maximum atomic E-state index is 13.0. The van der Waals surface area contributed by atoms with Gasteiger partial charge in [-0.3, -0.25) is 4.90 Å². The fourth-order valence-electron chi connectivity index (χ4n) is 4.40. The molecule has 1 fully saturated rings. The summed E-state index contributed by atoms with van der Waals surface area (Å²) in [6.45, 7) is 2.88. The molecule has 4 amide bonds. The highest BCUT2D eigenvalue weighted by molar-refractivity contribution is 5.95. The Morgan fingerprint density at radius 3 is 2.52 bits per heavy atom. The monoisotopic (exact) mass is 394 g/mol. The molecule has 2 aromatic carbocycles. The Balaban J connectivity index is 1.61. The first-order chi connectivity index (χ1) is 14.2. The summed E-state index contributed by atoms with van der Waals surface area (Å²) in [7, 11) is 0. The number of urea groups is 2. The summed E-state index contributed by atoms with van der Waals surface area (Å²) < 4.78 is 0. The Labute approximate surface area is 170 Å². The number of likely N-dealkylation sites (tertiary alicyclic amines) is 1. The average Bonchev–Trinajstić information content (AvgIpc) is 2.73. The van der Waals surface area contributed by atoms with Crippen molar-refractivity contribution in [3.8, 4) is 0 Å². The summed E-state index contributed by atoms with van der Waals surface area (Å²) in [5.74, 6) is 0.00736. The van der Waals surface area contributed by atoms with Crippen molar-refractivity contribution in [3.05, 3.63) is 60.2 Å². The first kappa shape index (κ1) is 19.3. The van der Waals surface area contributed by atoms with E-state index in [1.807, 2.05) is 61.5 Å². The predicted octanol–water partition coefficient (Wildman–Crippen LogP) is 2.99. The number of benzene rings is 2. The van der Waals surface area contributed by atoms with Gasteiger partial charge < -0.3 is 20.6 Å². The lowest BCUT2D eigenvalue weighted by Gasteiger charge is -2.58. The molecule has 2 heterocycles. The standard InChI is InChI=1S/C22H26N4O3/c1-2-12-23-21(28)25-13-18-20(16-10-6-7-11-17(16)25)19(14-27)26(18)22(29)24-15-8-4-3-5-9-15/h3-11,18-20,27H,2,12-14H2,1H3,(H,23,28)(H,24,29)/t18-,19-,20+/m0/s1. The Morgan fingerprint density at radius 1 is 1.07 bits per heavy atom. The number of rotatable bonds is 4. The molecule has 29 heavy (non-hydrogen) atoms. The van der Waals surface area contributed by atoms with Gasteiger partial charge in [0.15, 0.2) is 0 Å². The van der Waals surface area contributed by atoms with Gasteiger partial charge in [-0.2, -0.15) is 0 Å². The molecule has 2 aliphatic rings. The van der Waals surface area contributed by atoms with Gasteiger partial charge in [0, 0.05) is 30.4 Å². The Bertz CT molecular complexity index is 889. The van der Waals surface area contributed by atoms with Crippen LogP contribution >= 0.6 is 0 Å². The van der Waals surface area contributed by atoms with Crippen LogP contribution in [-0.4, -0.2) is 53.8 Å². The summed E-state index contributed by atoms with van der Waals surface area (Å²) in [6.07, 6.45) is 0.853. The minimum Gasteiger partial charge on any atom is -0.394 e. The second kappa shape index (κ2) is 8.13. The number of para-hydroxylation sites is 2. The van der Waals surface area contributed by atoms with Gasteiger partial charge in [0.1, 0.15) is 0 Å². The van der Waals surface area contributed by atoms with Crippen LogP contribution in [0.2, 0.25) is 0 Å². The topological polar surface area (TPSA) is 84.9 Å². The number of fused-ring (bicyclic) bond motifs is 3. The van der Waals surface area contributed by atoms with Gasteiger partial charge in [0.2, 0.25) is 0 Å². The molecule has 0 bridgehead atoms. The van der Waals surface area contributed by atoms with Crippen LogP contribution in [0.15, 0.2) is 54.6 Å². The highest BCUT2D eigenvalue weighted by Gasteiger charge is 2.55. The van der Waals surface area contributed by atoms with Crippen LogP contribution in [0.4, 0.5) is 21.0 Å². The summed E-state index contributed by atoms with van der Waals surface area (Å²) in [4.78, 5) is 29.1. The zero-order valence-corrected chi connectivity index (χ0v) is 16.4. The molecule has 0 aliphatic carbocycles. The Hall–Kier alpha value is -3.06.